The zero-order valence-electron chi connectivity index (χ0n) is 15.2. The van der Waals surface area contributed by atoms with Gasteiger partial charge in [0.1, 0.15) is 0 Å². The van der Waals surface area contributed by atoms with Gasteiger partial charge in [0.25, 0.3) is 0 Å². The normalized spacial score (nSPS) is 23.3. The van der Waals surface area contributed by atoms with Crippen LogP contribution in [0.1, 0.15) is 19.4 Å². The van der Waals surface area contributed by atoms with Crippen molar-refractivity contribution in [2.45, 2.75) is 19.9 Å². The number of benzene rings is 1. The fourth-order valence-electron chi connectivity index (χ4n) is 3.42. The summed E-state index contributed by atoms with van der Waals surface area (Å²) in [5, 5.41) is 0. The maximum atomic E-state index is 5.00. The first-order valence-corrected chi connectivity index (χ1v) is 8.91. The zero-order valence-corrected chi connectivity index (χ0v) is 15.2. The number of aliphatic imine (C=N–C) groups is 2. The second kappa shape index (κ2) is 6.15. The Labute approximate surface area is 149 Å². The van der Waals surface area contributed by atoms with Crippen molar-refractivity contribution in [1.82, 2.24) is 9.80 Å². The van der Waals surface area contributed by atoms with Crippen molar-refractivity contribution in [2.75, 3.05) is 38.1 Å². The number of likely N-dealkylation sites (N-methyl/N-ethyl adjacent to an activating group) is 1. The summed E-state index contributed by atoms with van der Waals surface area (Å²) in [5.41, 5.74) is 4.44. The lowest BCUT2D eigenvalue weighted by molar-refractivity contribution is 0.217. The molecule has 1 fully saturated rings. The Hall–Kier alpha value is -2.40. The maximum absolute atomic E-state index is 5.00. The molecule has 0 amide bonds. The van der Waals surface area contributed by atoms with Gasteiger partial charge in [0.2, 0.25) is 0 Å². The molecule has 1 aromatic carbocycles. The minimum Gasteiger partial charge on any atom is -0.351 e. The van der Waals surface area contributed by atoms with E-state index in [1.54, 1.807) is 0 Å². The standard InChI is InChI=1S/C20H25N5/c1-5-16-6-7-17-18(12-16)25-13-14(2)15(3)21-20(25)19(22-17)24-10-8-23(4)9-11-24/h5-7,12-13,15H,1,8-11H2,2-4H3. The van der Waals surface area contributed by atoms with E-state index in [1.807, 2.05) is 6.08 Å². The fraction of sp³-hybridized carbons (Fsp3) is 0.400. The largest absolute Gasteiger partial charge is 0.351 e. The van der Waals surface area contributed by atoms with E-state index in [9.17, 15) is 0 Å². The number of piperazine rings is 1. The highest BCUT2D eigenvalue weighted by Gasteiger charge is 2.33. The van der Waals surface area contributed by atoms with Crippen molar-refractivity contribution in [3.8, 4) is 0 Å². The number of rotatable bonds is 1. The van der Waals surface area contributed by atoms with Crippen LogP contribution in [0.2, 0.25) is 0 Å². The van der Waals surface area contributed by atoms with E-state index in [-0.39, 0.29) is 6.04 Å². The molecular weight excluding hydrogens is 310 g/mol. The van der Waals surface area contributed by atoms with Gasteiger partial charge in [-0.05, 0) is 44.2 Å². The Morgan fingerprint density at radius 2 is 1.92 bits per heavy atom. The Morgan fingerprint density at radius 3 is 2.64 bits per heavy atom. The van der Waals surface area contributed by atoms with Crippen molar-refractivity contribution < 1.29 is 0 Å². The zero-order chi connectivity index (χ0) is 17.6. The van der Waals surface area contributed by atoms with Crippen LogP contribution in [0.5, 0.6) is 0 Å². The lowest BCUT2D eigenvalue weighted by Crippen LogP contribution is -2.53. The van der Waals surface area contributed by atoms with Gasteiger partial charge in [-0.2, -0.15) is 0 Å². The smallest absolute Gasteiger partial charge is 0.176 e. The summed E-state index contributed by atoms with van der Waals surface area (Å²) in [6.07, 6.45) is 4.09. The van der Waals surface area contributed by atoms with Crippen LogP contribution in [0.25, 0.3) is 6.08 Å². The molecule has 0 saturated carbocycles. The van der Waals surface area contributed by atoms with Crippen molar-refractivity contribution in [1.29, 1.82) is 0 Å². The van der Waals surface area contributed by atoms with Crippen molar-refractivity contribution in [2.24, 2.45) is 9.98 Å². The molecule has 0 aliphatic carbocycles. The molecule has 25 heavy (non-hydrogen) atoms. The van der Waals surface area contributed by atoms with Gasteiger partial charge >= 0.3 is 0 Å². The highest BCUT2D eigenvalue weighted by atomic mass is 15.3. The number of amidine groups is 2. The maximum Gasteiger partial charge on any atom is 0.176 e. The average molecular weight is 335 g/mol. The van der Waals surface area contributed by atoms with Crippen molar-refractivity contribution in [3.05, 3.63) is 42.1 Å². The summed E-state index contributed by atoms with van der Waals surface area (Å²) in [7, 11) is 2.17. The molecule has 3 aliphatic rings. The first-order valence-electron chi connectivity index (χ1n) is 8.91. The number of hydrogen-bond acceptors (Lipinski definition) is 5. The number of hydrogen-bond donors (Lipinski definition) is 0. The fourth-order valence-corrected chi connectivity index (χ4v) is 3.42. The molecule has 5 heteroatoms. The SMILES string of the molecule is C=Cc1ccc2c(c1)N1C=C(C)C(C)N=C1C(N1CCN(C)CC1)=N2. The second-order valence-electron chi connectivity index (χ2n) is 7.05. The molecule has 1 atom stereocenters. The van der Waals surface area contributed by atoms with Gasteiger partial charge in [-0.25, -0.2) is 4.99 Å². The summed E-state index contributed by atoms with van der Waals surface area (Å²) in [6.45, 7) is 12.3. The number of fused-ring (bicyclic) bond motifs is 3. The van der Waals surface area contributed by atoms with Gasteiger partial charge in [0.15, 0.2) is 11.7 Å². The Kier molecular flexibility index (Phi) is 3.96. The lowest BCUT2D eigenvalue weighted by atomic mass is 10.1. The molecule has 3 heterocycles. The van der Waals surface area contributed by atoms with Gasteiger partial charge in [0.05, 0.1) is 17.4 Å². The molecule has 1 saturated heterocycles. The third-order valence-corrected chi connectivity index (χ3v) is 5.26. The van der Waals surface area contributed by atoms with Crippen LogP contribution in [0.3, 0.4) is 0 Å². The molecule has 130 valence electrons. The summed E-state index contributed by atoms with van der Waals surface area (Å²) in [4.78, 5) is 16.9. The Morgan fingerprint density at radius 1 is 1.16 bits per heavy atom. The van der Waals surface area contributed by atoms with Crippen LogP contribution in [0.4, 0.5) is 11.4 Å². The summed E-state index contributed by atoms with van der Waals surface area (Å²) < 4.78 is 0. The monoisotopic (exact) mass is 335 g/mol. The van der Waals surface area contributed by atoms with E-state index in [1.165, 1.54) is 5.57 Å². The van der Waals surface area contributed by atoms with Gasteiger partial charge in [-0.1, -0.05) is 18.7 Å². The molecule has 3 aliphatic heterocycles. The lowest BCUT2D eigenvalue weighted by Gasteiger charge is -2.40. The van der Waals surface area contributed by atoms with E-state index in [2.05, 4.69) is 66.6 Å². The van der Waals surface area contributed by atoms with E-state index in [0.717, 1.165) is 54.8 Å². The van der Waals surface area contributed by atoms with Gasteiger partial charge in [-0.15, -0.1) is 0 Å². The highest BCUT2D eigenvalue weighted by Crippen LogP contribution is 2.37. The molecule has 1 aromatic rings. The number of nitrogens with zero attached hydrogens (tertiary/aromatic N) is 5. The molecule has 0 N–H and O–H groups in total. The Bertz CT molecular complexity index is 796. The predicted octanol–water partition coefficient (Wildman–Crippen LogP) is 3.13. The quantitative estimate of drug-likeness (QED) is 0.791. The van der Waals surface area contributed by atoms with E-state index in [0.29, 0.717) is 0 Å². The predicted molar refractivity (Wildman–Crippen MR) is 106 cm³/mol. The minimum atomic E-state index is 0.188. The van der Waals surface area contributed by atoms with Crippen LogP contribution < -0.4 is 4.90 Å². The molecule has 5 nitrogen and oxygen atoms in total. The molecule has 0 spiro atoms. The van der Waals surface area contributed by atoms with Crippen molar-refractivity contribution >= 4 is 29.1 Å². The molecule has 4 rings (SSSR count). The number of anilines is 1. The molecule has 0 aromatic heterocycles. The van der Waals surface area contributed by atoms with Crippen LogP contribution in [0, 0.1) is 0 Å². The summed E-state index contributed by atoms with van der Waals surface area (Å²) in [5.74, 6) is 1.97. The van der Waals surface area contributed by atoms with Crippen LogP contribution in [-0.2, 0) is 0 Å². The van der Waals surface area contributed by atoms with Gasteiger partial charge in [-0.3, -0.25) is 9.89 Å². The van der Waals surface area contributed by atoms with Crippen LogP contribution in [0.15, 0.2) is 46.5 Å². The molecule has 0 bridgehead atoms. The molecular formula is C20H25N5. The Balaban J connectivity index is 1.82. The van der Waals surface area contributed by atoms with Gasteiger partial charge in [0, 0.05) is 32.4 Å². The first-order chi connectivity index (χ1) is 12.1. The van der Waals surface area contributed by atoms with E-state index in [4.69, 9.17) is 9.98 Å². The first kappa shape index (κ1) is 16.1. The summed E-state index contributed by atoms with van der Waals surface area (Å²) >= 11 is 0. The van der Waals surface area contributed by atoms with Crippen LogP contribution in [-0.4, -0.2) is 60.7 Å². The van der Waals surface area contributed by atoms with E-state index < -0.39 is 0 Å². The van der Waals surface area contributed by atoms with Crippen molar-refractivity contribution in [3.63, 3.8) is 0 Å². The molecule has 1 unspecified atom stereocenters. The average Bonchev–Trinajstić information content (AvgIpc) is 2.62. The third kappa shape index (κ3) is 2.78. The third-order valence-electron chi connectivity index (χ3n) is 5.26. The topological polar surface area (TPSA) is 34.4 Å². The van der Waals surface area contributed by atoms with E-state index >= 15 is 0 Å². The summed E-state index contributed by atoms with van der Waals surface area (Å²) in [6, 6.07) is 6.48. The van der Waals surface area contributed by atoms with Gasteiger partial charge < -0.3 is 9.80 Å². The molecule has 0 radical (unpaired) electrons. The highest BCUT2D eigenvalue weighted by molar-refractivity contribution is 6.48. The minimum absolute atomic E-state index is 0.188. The van der Waals surface area contributed by atoms with Crippen LogP contribution >= 0.6 is 0 Å². The second-order valence-corrected chi connectivity index (χ2v) is 7.05.